The van der Waals surface area contributed by atoms with Crippen molar-refractivity contribution in [2.75, 3.05) is 21.7 Å². The summed E-state index contributed by atoms with van der Waals surface area (Å²) in [6, 6.07) is 14.2. The van der Waals surface area contributed by atoms with E-state index in [0.29, 0.717) is 25.9 Å². The van der Waals surface area contributed by atoms with Gasteiger partial charge in [-0.2, -0.15) is 0 Å². The molecule has 0 aliphatic heterocycles. The Labute approximate surface area is 174 Å². The lowest BCUT2D eigenvalue weighted by atomic mass is 10.3. The summed E-state index contributed by atoms with van der Waals surface area (Å²) >= 11 is 8.47. The normalized spacial score (nSPS) is 10.4. The first-order valence-electron chi connectivity index (χ1n) is 8.14. The van der Waals surface area contributed by atoms with Crippen molar-refractivity contribution in [3.05, 3.63) is 53.6 Å². The van der Waals surface area contributed by atoms with Gasteiger partial charge in [0.2, 0.25) is 16.9 Å². The van der Waals surface area contributed by atoms with Crippen LogP contribution in [-0.4, -0.2) is 27.8 Å². The molecule has 0 fully saturated rings. The lowest BCUT2D eigenvalue weighted by Crippen LogP contribution is -2.13. The molecule has 3 aromatic rings. The molecule has 0 aliphatic rings. The highest BCUT2D eigenvalue weighted by Gasteiger charge is 2.09. The first-order chi connectivity index (χ1) is 13.5. The molecule has 0 spiro atoms. The van der Waals surface area contributed by atoms with E-state index in [-0.39, 0.29) is 17.6 Å². The number of thioether (sulfide) groups is 1. The number of carbonyl (C=O) groups excluding carboxylic acids is 2. The first-order valence-corrected chi connectivity index (χ1v) is 10.3. The molecule has 2 amide bonds. The molecule has 144 valence electrons. The number of amides is 2. The van der Waals surface area contributed by atoms with E-state index < -0.39 is 0 Å². The number of anilines is 4. The van der Waals surface area contributed by atoms with Crippen LogP contribution in [0.25, 0.3) is 0 Å². The predicted octanol–water partition coefficient (Wildman–Crippen LogP) is 4.62. The van der Waals surface area contributed by atoms with E-state index in [0.717, 1.165) is 5.69 Å². The number of rotatable bonds is 7. The summed E-state index contributed by atoms with van der Waals surface area (Å²) in [7, 11) is 0. The molecule has 2 aromatic carbocycles. The topological polar surface area (TPSA) is 96.0 Å². The average Bonchev–Trinajstić information content (AvgIpc) is 3.09. The number of hydrogen-bond donors (Lipinski definition) is 3. The Bertz CT molecular complexity index is 978. The Hall–Kier alpha value is -2.62. The monoisotopic (exact) mass is 433 g/mol. The summed E-state index contributed by atoms with van der Waals surface area (Å²) in [5.74, 6) is -0.0568. The number of nitrogens with one attached hydrogen (secondary N) is 3. The van der Waals surface area contributed by atoms with Gasteiger partial charge < -0.3 is 16.0 Å². The van der Waals surface area contributed by atoms with E-state index in [1.165, 1.54) is 30.0 Å². The van der Waals surface area contributed by atoms with Gasteiger partial charge in [0, 0.05) is 29.0 Å². The molecule has 0 saturated carbocycles. The van der Waals surface area contributed by atoms with Gasteiger partial charge in [-0.25, -0.2) is 0 Å². The fourth-order valence-electron chi connectivity index (χ4n) is 2.18. The van der Waals surface area contributed by atoms with E-state index in [9.17, 15) is 9.59 Å². The van der Waals surface area contributed by atoms with E-state index in [2.05, 4.69) is 26.1 Å². The Kier molecular flexibility index (Phi) is 6.85. The molecule has 7 nitrogen and oxygen atoms in total. The van der Waals surface area contributed by atoms with Crippen LogP contribution in [0.3, 0.4) is 0 Å². The molecule has 0 aliphatic carbocycles. The van der Waals surface area contributed by atoms with Gasteiger partial charge in [-0.3, -0.25) is 9.59 Å². The molecule has 1 heterocycles. The van der Waals surface area contributed by atoms with E-state index in [1.807, 2.05) is 12.1 Å². The summed E-state index contributed by atoms with van der Waals surface area (Å²) < 4.78 is 0.673. The highest BCUT2D eigenvalue weighted by Crippen LogP contribution is 2.28. The molecule has 0 radical (unpaired) electrons. The summed E-state index contributed by atoms with van der Waals surface area (Å²) in [6.45, 7) is 1.46. The summed E-state index contributed by atoms with van der Waals surface area (Å²) in [4.78, 5) is 23.2. The number of nitrogens with zero attached hydrogens (tertiary/aromatic N) is 2. The minimum absolute atomic E-state index is 0.136. The van der Waals surface area contributed by atoms with Crippen molar-refractivity contribution in [1.29, 1.82) is 0 Å². The highest BCUT2D eigenvalue weighted by atomic mass is 35.5. The van der Waals surface area contributed by atoms with Gasteiger partial charge in [-0.15, -0.1) is 10.2 Å². The van der Waals surface area contributed by atoms with Gasteiger partial charge in [-0.05, 0) is 42.5 Å². The number of benzene rings is 2. The second kappa shape index (κ2) is 9.54. The maximum absolute atomic E-state index is 12.0. The fraction of sp³-hybridized carbons (Fsp3) is 0.111. The second-order valence-electron chi connectivity index (χ2n) is 5.60. The summed E-state index contributed by atoms with van der Waals surface area (Å²) in [5.41, 5.74) is 2.16. The van der Waals surface area contributed by atoms with Crippen molar-refractivity contribution in [1.82, 2.24) is 10.2 Å². The van der Waals surface area contributed by atoms with Gasteiger partial charge in [0.15, 0.2) is 4.34 Å². The Morgan fingerprint density at radius 2 is 1.79 bits per heavy atom. The largest absolute Gasteiger partial charge is 0.330 e. The molecule has 1 aromatic heterocycles. The van der Waals surface area contributed by atoms with Crippen LogP contribution in [-0.2, 0) is 9.59 Å². The lowest BCUT2D eigenvalue weighted by Gasteiger charge is -2.05. The zero-order valence-electron chi connectivity index (χ0n) is 14.7. The number of hydrogen-bond acceptors (Lipinski definition) is 7. The van der Waals surface area contributed by atoms with Crippen molar-refractivity contribution in [2.45, 2.75) is 11.3 Å². The number of halogens is 1. The third-order valence-electron chi connectivity index (χ3n) is 3.30. The zero-order chi connectivity index (χ0) is 19.9. The second-order valence-corrected chi connectivity index (χ2v) is 8.24. The lowest BCUT2D eigenvalue weighted by molar-refractivity contribution is -0.114. The SMILES string of the molecule is CC(=O)Nc1cccc(Nc2nnc(SCC(=O)Nc3ccc(Cl)cc3)s2)c1. The summed E-state index contributed by atoms with van der Waals surface area (Å²) in [5, 5.41) is 18.0. The average molecular weight is 434 g/mol. The van der Waals surface area contributed by atoms with E-state index in [1.54, 1.807) is 36.4 Å². The molecule has 0 saturated heterocycles. The van der Waals surface area contributed by atoms with Gasteiger partial charge in [-0.1, -0.05) is 40.8 Å². The van der Waals surface area contributed by atoms with E-state index >= 15 is 0 Å². The molecule has 0 unspecified atom stereocenters. The smallest absolute Gasteiger partial charge is 0.234 e. The van der Waals surface area contributed by atoms with Crippen LogP contribution in [0.15, 0.2) is 52.9 Å². The van der Waals surface area contributed by atoms with Gasteiger partial charge in [0.05, 0.1) is 5.75 Å². The van der Waals surface area contributed by atoms with Crippen LogP contribution in [0.2, 0.25) is 5.02 Å². The molecule has 28 heavy (non-hydrogen) atoms. The molecule has 0 bridgehead atoms. The quantitative estimate of drug-likeness (QED) is 0.470. The summed E-state index contributed by atoms with van der Waals surface area (Å²) in [6.07, 6.45) is 0. The van der Waals surface area contributed by atoms with Crippen LogP contribution in [0, 0.1) is 0 Å². The first kappa shape index (κ1) is 20.1. The molecule has 3 rings (SSSR count). The minimum atomic E-state index is -0.139. The van der Waals surface area contributed by atoms with Crippen molar-refractivity contribution in [2.24, 2.45) is 0 Å². The van der Waals surface area contributed by atoms with E-state index in [4.69, 9.17) is 11.6 Å². The Morgan fingerprint density at radius 1 is 1.04 bits per heavy atom. The van der Waals surface area contributed by atoms with Crippen molar-refractivity contribution < 1.29 is 9.59 Å². The van der Waals surface area contributed by atoms with Crippen LogP contribution in [0.5, 0.6) is 0 Å². The zero-order valence-corrected chi connectivity index (χ0v) is 17.1. The van der Waals surface area contributed by atoms with Crippen molar-refractivity contribution in [3.63, 3.8) is 0 Å². The Morgan fingerprint density at radius 3 is 2.54 bits per heavy atom. The molecule has 0 atom stereocenters. The number of carbonyl (C=O) groups is 2. The fourth-order valence-corrected chi connectivity index (χ4v) is 3.88. The van der Waals surface area contributed by atoms with Crippen molar-refractivity contribution in [3.8, 4) is 0 Å². The number of aromatic nitrogens is 2. The third kappa shape index (κ3) is 6.22. The third-order valence-corrected chi connectivity index (χ3v) is 5.52. The predicted molar refractivity (Wildman–Crippen MR) is 115 cm³/mol. The highest BCUT2D eigenvalue weighted by molar-refractivity contribution is 8.01. The molecular formula is C18H16ClN5O2S2. The van der Waals surface area contributed by atoms with Gasteiger partial charge in [0.1, 0.15) is 0 Å². The molecule has 10 heteroatoms. The molecular weight excluding hydrogens is 418 g/mol. The maximum Gasteiger partial charge on any atom is 0.234 e. The molecule has 3 N–H and O–H groups in total. The maximum atomic E-state index is 12.0. The Balaban J connectivity index is 1.52. The van der Waals surface area contributed by atoms with Gasteiger partial charge in [0.25, 0.3) is 0 Å². The standard InChI is InChI=1S/C18H16ClN5O2S2/c1-11(25)20-14-3-2-4-15(9-14)22-17-23-24-18(28-17)27-10-16(26)21-13-7-5-12(19)6-8-13/h2-9H,10H2,1H3,(H,20,25)(H,21,26)(H,22,23). The van der Waals surface area contributed by atoms with Crippen LogP contribution in [0.4, 0.5) is 22.2 Å². The van der Waals surface area contributed by atoms with Crippen LogP contribution in [0.1, 0.15) is 6.92 Å². The van der Waals surface area contributed by atoms with Crippen LogP contribution >= 0.6 is 34.7 Å². The van der Waals surface area contributed by atoms with Crippen molar-refractivity contribution >= 4 is 68.7 Å². The van der Waals surface area contributed by atoms with Gasteiger partial charge >= 0.3 is 0 Å². The van der Waals surface area contributed by atoms with Crippen LogP contribution < -0.4 is 16.0 Å². The minimum Gasteiger partial charge on any atom is -0.330 e.